The zero-order chi connectivity index (χ0) is 20.1. The lowest BCUT2D eigenvalue weighted by Gasteiger charge is -2.31. The second kappa shape index (κ2) is 8.83. The number of benzene rings is 2. The van der Waals surface area contributed by atoms with Crippen molar-refractivity contribution in [2.24, 2.45) is 5.92 Å². The number of carbonyl (C=O) groups is 3. The smallest absolute Gasteiger partial charge is 0.227 e. The Morgan fingerprint density at radius 1 is 1.00 bits per heavy atom. The minimum atomic E-state index is -0.0448. The molecule has 5 heteroatoms. The average Bonchev–Trinajstić information content (AvgIpc) is 2.73. The molecule has 0 saturated carbocycles. The molecule has 1 fully saturated rings. The molecule has 0 aliphatic carbocycles. The van der Waals surface area contributed by atoms with Crippen LogP contribution in [0.2, 0.25) is 0 Å². The number of piperidine rings is 1. The number of rotatable bonds is 6. The third-order valence-corrected chi connectivity index (χ3v) is 5.31. The van der Waals surface area contributed by atoms with Crippen molar-refractivity contribution in [3.63, 3.8) is 0 Å². The molecule has 0 aromatic heterocycles. The zero-order valence-corrected chi connectivity index (χ0v) is 16.3. The van der Waals surface area contributed by atoms with Gasteiger partial charge < -0.3 is 9.64 Å². The van der Waals surface area contributed by atoms with E-state index in [1.54, 1.807) is 30.2 Å². The van der Waals surface area contributed by atoms with Crippen molar-refractivity contribution in [2.75, 3.05) is 20.2 Å². The molecule has 2 aromatic rings. The van der Waals surface area contributed by atoms with Crippen molar-refractivity contribution in [3.8, 4) is 5.75 Å². The Hall–Kier alpha value is -2.95. The molecule has 5 nitrogen and oxygen atoms in total. The summed E-state index contributed by atoms with van der Waals surface area (Å²) in [7, 11) is 1.55. The summed E-state index contributed by atoms with van der Waals surface area (Å²) < 4.78 is 5.34. The normalized spacial score (nSPS) is 14.6. The lowest BCUT2D eigenvalue weighted by atomic mass is 9.88. The molecule has 28 heavy (non-hydrogen) atoms. The molecule has 1 aliphatic rings. The number of methoxy groups -OCH3 is 1. The predicted molar refractivity (Wildman–Crippen MR) is 107 cm³/mol. The highest BCUT2D eigenvalue weighted by Crippen LogP contribution is 2.25. The minimum absolute atomic E-state index is 0.00962. The van der Waals surface area contributed by atoms with Gasteiger partial charge in [0.1, 0.15) is 5.75 Å². The summed E-state index contributed by atoms with van der Waals surface area (Å²) in [5.74, 6) is 0.666. The van der Waals surface area contributed by atoms with Crippen LogP contribution in [0.1, 0.15) is 46.0 Å². The van der Waals surface area contributed by atoms with E-state index in [4.69, 9.17) is 4.74 Å². The Kier molecular flexibility index (Phi) is 6.24. The van der Waals surface area contributed by atoms with E-state index in [2.05, 4.69) is 0 Å². The topological polar surface area (TPSA) is 63.7 Å². The number of ether oxygens (including phenoxy) is 1. The molecule has 1 amide bonds. The number of ketones is 2. The molecule has 0 spiro atoms. The Bertz CT molecular complexity index is 867. The highest BCUT2D eigenvalue weighted by molar-refractivity contribution is 5.98. The van der Waals surface area contributed by atoms with Crippen molar-refractivity contribution >= 4 is 17.5 Å². The third kappa shape index (κ3) is 4.47. The van der Waals surface area contributed by atoms with Crippen molar-refractivity contribution in [1.82, 2.24) is 4.90 Å². The third-order valence-electron chi connectivity index (χ3n) is 5.31. The summed E-state index contributed by atoms with van der Waals surface area (Å²) in [6, 6.07) is 14.5. The van der Waals surface area contributed by atoms with Crippen LogP contribution in [-0.2, 0) is 11.2 Å². The van der Waals surface area contributed by atoms with Gasteiger partial charge in [0.2, 0.25) is 5.91 Å². The fraction of sp³-hybridized carbons (Fsp3) is 0.348. The average molecular weight is 379 g/mol. The van der Waals surface area contributed by atoms with Gasteiger partial charge in [-0.2, -0.15) is 0 Å². The number of nitrogens with zero attached hydrogens (tertiary/aromatic N) is 1. The second-order valence-corrected chi connectivity index (χ2v) is 7.14. The molecule has 0 N–H and O–H groups in total. The first-order chi connectivity index (χ1) is 13.5. The standard InChI is InChI=1S/C23H25NO4/c1-16(25)19-8-9-21(28-2)20(14-19)15-22(26)24-12-10-18(11-13-24)23(27)17-6-4-3-5-7-17/h3-9,14,18H,10-13,15H2,1-2H3. The van der Waals surface area contributed by atoms with E-state index in [9.17, 15) is 14.4 Å². The van der Waals surface area contributed by atoms with Gasteiger partial charge in [0.25, 0.3) is 0 Å². The minimum Gasteiger partial charge on any atom is -0.496 e. The molecule has 1 aliphatic heterocycles. The van der Waals surface area contributed by atoms with Crippen LogP contribution in [0, 0.1) is 5.92 Å². The molecule has 146 valence electrons. The fourth-order valence-corrected chi connectivity index (χ4v) is 3.64. The van der Waals surface area contributed by atoms with Gasteiger partial charge in [0.15, 0.2) is 11.6 Å². The molecule has 3 rings (SSSR count). The SMILES string of the molecule is COc1ccc(C(C)=O)cc1CC(=O)N1CCC(C(=O)c2ccccc2)CC1. The monoisotopic (exact) mass is 379 g/mol. The molecule has 0 atom stereocenters. The number of amides is 1. The highest BCUT2D eigenvalue weighted by Gasteiger charge is 2.28. The van der Waals surface area contributed by atoms with Crippen LogP contribution >= 0.6 is 0 Å². The van der Waals surface area contributed by atoms with E-state index in [0.29, 0.717) is 42.8 Å². The quantitative estimate of drug-likeness (QED) is 0.720. The van der Waals surface area contributed by atoms with E-state index in [-0.39, 0.29) is 29.8 Å². The summed E-state index contributed by atoms with van der Waals surface area (Å²) in [4.78, 5) is 38.8. The van der Waals surface area contributed by atoms with Crippen LogP contribution < -0.4 is 4.74 Å². The van der Waals surface area contributed by atoms with E-state index < -0.39 is 0 Å². The molecular formula is C23H25NO4. The Morgan fingerprint density at radius 3 is 2.29 bits per heavy atom. The number of hydrogen-bond acceptors (Lipinski definition) is 4. The molecule has 1 heterocycles. The summed E-state index contributed by atoms with van der Waals surface area (Å²) in [5, 5.41) is 0. The summed E-state index contributed by atoms with van der Waals surface area (Å²) in [6.45, 7) is 2.63. The molecular weight excluding hydrogens is 354 g/mol. The van der Waals surface area contributed by atoms with Crippen molar-refractivity contribution in [2.45, 2.75) is 26.2 Å². The van der Waals surface area contributed by atoms with Crippen LogP contribution in [0.3, 0.4) is 0 Å². The van der Waals surface area contributed by atoms with Gasteiger partial charge in [0, 0.05) is 35.7 Å². The largest absolute Gasteiger partial charge is 0.496 e. The van der Waals surface area contributed by atoms with Gasteiger partial charge >= 0.3 is 0 Å². The number of carbonyl (C=O) groups excluding carboxylic acids is 3. The first-order valence-electron chi connectivity index (χ1n) is 9.54. The first kappa shape index (κ1) is 19.8. The van der Waals surface area contributed by atoms with E-state index in [0.717, 1.165) is 5.56 Å². The fourth-order valence-electron chi connectivity index (χ4n) is 3.64. The Morgan fingerprint density at radius 2 is 1.68 bits per heavy atom. The Balaban J connectivity index is 1.62. The van der Waals surface area contributed by atoms with E-state index >= 15 is 0 Å². The lowest BCUT2D eigenvalue weighted by molar-refractivity contribution is -0.131. The van der Waals surface area contributed by atoms with E-state index in [1.165, 1.54) is 6.92 Å². The zero-order valence-electron chi connectivity index (χ0n) is 16.3. The van der Waals surface area contributed by atoms with Gasteiger partial charge in [0.05, 0.1) is 13.5 Å². The van der Waals surface area contributed by atoms with Crippen molar-refractivity contribution in [3.05, 3.63) is 65.2 Å². The second-order valence-electron chi connectivity index (χ2n) is 7.14. The highest BCUT2D eigenvalue weighted by atomic mass is 16.5. The predicted octanol–water partition coefficient (Wildman–Crippen LogP) is 3.56. The number of hydrogen-bond donors (Lipinski definition) is 0. The maximum atomic E-state index is 12.8. The molecule has 0 radical (unpaired) electrons. The maximum Gasteiger partial charge on any atom is 0.227 e. The van der Waals surface area contributed by atoms with Gasteiger partial charge in [-0.15, -0.1) is 0 Å². The van der Waals surface area contributed by atoms with E-state index in [1.807, 2.05) is 30.3 Å². The van der Waals surface area contributed by atoms with Crippen molar-refractivity contribution in [1.29, 1.82) is 0 Å². The van der Waals surface area contributed by atoms with Gasteiger partial charge in [-0.3, -0.25) is 14.4 Å². The maximum absolute atomic E-state index is 12.8. The number of likely N-dealkylation sites (tertiary alicyclic amines) is 1. The lowest BCUT2D eigenvalue weighted by Crippen LogP contribution is -2.41. The summed E-state index contributed by atoms with van der Waals surface area (Å²) in [5.41, 5.74) is 2.01. The van der Waals surface area contributed by atoms with Crippen LogP contribution in [0.15, 0.2) is 48.5 Å². The summed E-state index contributed by atoms with van der Waals surface area (Å²) in [6.07, 6.45) is 1.52. The van der Waals surface area contributed by atoms with Crippen LogP contribution in [-0.4, -0.2) is 42.6 Å². The van der Waals surface area contributed by atoms with Crippen LogP contribution in [0.25, 0.3) is 0 Å². The molecule has 0 bridgehead atoms. The first-order valence-corrected chi connectivity index (χ1v) is 9.54. The molecule has 2 aromatic carbocycles. The van der Waals surface area contributed by atoms with Gasteiger partial charge in [-0.25, -0.2) is 0 Å². The molecule has 1 saturated heterocycles. The van der Waals surface area contributed by atoms with Gasteiger partial charge in [-0.05, 0) is 38.0 Å². The summed E-state index contributed by atoms with van der Waals surface area (Å²) >= 11 is 0. The van der Waals surface area contributed by atoms with Crippen LogP contribution in [0.4, 0.5) is 0 Å². The Labute approximate surface area is 165 Å². The van der Waals surface area contributed by atoms with Gasteiger partial charge in [-0.1, -0.05) is 30.3 Å². The van der Waals surface area contributed by atoms with Crippen molar-refractivity contribution < 1.29 is 19.1 Å². The van der Waals surface area contributed by atoms with Crippen LogP contribution in [0.5, 0.6) is 5.75 Å². The molecule has 0 unspecified atom stereocenters. The number of Topliss-reactive ketones (excluding diaryl/α,β-unsaturated/α-hetero) is 2.